The highest BCUT2D eigenvalue weighted by Gasteiger charge is 2.27. The molecule has 12 heavy (non-hydrogen) atoms. The van der Waals surface area contributed by atoms with Crippen LogP contribution in [0.25, 0.3) is 0 Å². The number of nitriles is 1. The first-order valence-corrected chi connectivity index (χ1v) is 4.85. The number of halogens is 1. The molecule has 1 rings (SSSR count). The van der Waals surface area contributed by atoms with Crippen molar-refractivity contribution in [2.24, 2.45) is 5.92 Å². The number of rotatable bonds is 2. The highest BCUT2D eigenvalue weighted by atomic mass is 35.5. The fourth-order valence-electron chi connectivity index (χ4n) is 1.89. The monoisotopic (exact) mass is 186 g/mol. The molecular weight excluding hydrogens is 172 g/mol. The van der Waals surface area contributed by atoms with E-state index in [9.17, 15) is 0 Å². The van der Waals surface area contributed by atoms with E-state index in [2.05, 4.69) is 24.8 Å². The SMILES string of the molecule is CC1CC(C)N(CC(Cl)C#N)C1. The molecule has 3 atom stereocenters. The van der Waals surface area contributed by atoms with Crippen LogP contribution >= 0.6 is 11.6 Å². The van der Waals surface area contributed by atoms with Crippen molar-refractivity contribution in [3.63, 3.8) is 0 Å². The van der Waals surface area contributed by atoms with Crippen LogP contribution in [0.15, 0.2) is 0 Å². The summed E-state index contributed by atoms with van der Waals surface area (Å²) in [6, 6.07) is 2.64. The van der Waals surface area contributed by atoms with Gasteiger partial charge >= 0.3 is 0 Å². The second-order valence-corrected chi connectivity index (χ2v) is 4.27. The summed E-state index contributed by atoms with van der Waals surface area (Å²) in [5.41, 5.74) is 0. The Morgan fingerprint density at radius 1 is 1.67 bits per heavy atom. The normalized spacial score (nSPS) is 33.2. The molecule has 0 spiro atoms. The second-order valence-electron chi connectivity index (χ2n) is 3.74. The molecule has 0 saturated carbocycles. The average molecular weight is 187 g/mol. The summed E-state index contributed by atoms with van der Waals surface area (Å²) >= 11 is 5.76. The molecule has 3 unspecified atom stereocenters. The first-order valence-electron chi connectivity index (χ1n) is 4.41. The fraction of sp³-hybridized carbons (Fsp3) is 0.889. The molecule has 68 valence electrons. The molecule has 1 aliphatic rings. The predicted molar refractivity (Wildman–Crippen MR) is 50.1 cm³/mol. The van der Waals surface area contributed by atoms with Crippen LogP contribution in [0.1, 0.15) is 20.3 Å². The highest BCUT2D eigenvalue weighted by molar-refractivity contribution is 6.22. The largest absolute Gasteiger partial charge is 0.298 e. The third-order valence-electron chi connectivity index (χ3n) is 2.45. The maximum atomic E-state index is 8.54. The maximum Gasteiger partial charge on any atom is 0.133 e. The van der Waals surface area contributed by atoms with Crippen molar-refractivity contribution < 1.29 is 0 Å². The Hall–Kier alpha value is -0.260. The summed E-state index contributed by atoms with van der Waals surface area (Å²) in [4.78, 5) is 2.30. The van der Waals surface area contributed by atoms with Crippen molar-refractivity contribution >= 4 is 11.6 Å². The van der Waals surface area contributed by atoms with E-state index >= 15 is 0 Å². The van der Waals surface area contributed by atoms with E-state index in [-0.39, 0.29) is 5.38 Å². The smallest absolute Gasteiger partial charge is 0.133 e. The molecule has 3 heteroatoms. The van der Waals surface area contributed by atoms with E-state index in [0.717, 1.165) is 12.5 Å². The second kappa shape index (κ2) is 4.11. The Balaban J connectivity index is 2.39. The number of alkyl halides is 1. The maximum absolute atomic E-state index is 8.54. The van der Waals surface area contributed by atoms with Crippen molar-refractivity contribution in [3.05, 3.63) is 0 Å². The molecule has 1 saturated heterocycles. The summed E-state index contributed by atoms with van der Waals surface area (Å²) in [6.07, 6.45) is 1.23. The number of nitrogens with zero attached hydrogens (tertiary/aromatic N) is 2. The lowest BCUT2D eigenvalue weighted by Gasteiger charge is -2.20. The first kappa shape index (κ1) is 9.83. The van der Waals surface area contributed by atoms with Gasteiger partial charge in [-0.05, 0) is 19.3 Å². The third-order valence-corrected chi connectivity index (χ3v) is 2.68. The Bertz CT molecular complexity index is 187. The molecule has 0 aromatic heterocycles. The van der Waals surface area contributed by atoms with Gasteiger partial charge < -0.3 is 0 Å². The van der Waals surface area contributed by atoms with Gasteiger partial charge in [0, 0.05) is 19.1 Å². The molecule has 0 aromatic rings. The van der Waals surface area contributed by atoms with Gasteiger partial charge in [0.25, 0.3) is 0 Å². The molecule has 0 bridgehead atoms. The molecule has 1 aliphatic heterocycles. The fourth-order valence-corrected chi connectivity index (χ4v) is 2.06. The van der Waals surface area contributed by atoms with Crippen LogP contribution in [-0.2, 0) is 0 Å². The van der Waals surface area contributed by atoms with Crippen LogP contribution in [0.4, 0.5) is 0 Å². The minimum Gasteiger partial charge on any atom is -0.298 e. The van der Waals surface area contributed by atoms with E-state index < -0.39 is 0 Å². The first-order chi connectivity index (χ1) is 5.63. The van der Waals surface area contributed by atoms with Gasteiger partial charge in [0.05, 0.1) is 6.07 Å². The molecule has 1 fully saturated rings. The Kier molecular flexibility index (Phi) is 3.37. The Labute approximate surface area is 79.1 Å². The van der Waals surface area contributed by atoms with Crippen molar-refractivity contribution in [2.75, 3.05) is 13.1 Å². The minimum atomic E-state index is -0.349. The summed E-state index contributed by atoms with van der Waals surface area (Å²) in [7, 11) is 0. The minimum absolute atomic E-state index is 0.349. The van der Waals surface area contributed by atoms with Crippen molar-refractivity contribution in [1.29, 1.82) is 5.26 Å². The summed E-state index contributed by atoms with van der Waals surface area (Å²) in [5.74, 6) is 0.752. The average Bonchev–Trinajstić information content (AvgIpc) is 2.30. The zero-order valence-corrected chi connectivity index (χ0v) is 8.38. The van der Waals surface area contributed by atoms with E-state index in [0.29, 0.717) is 12.6 Å². The van der Waals surface area contributed by atoms with Crippen molar-refractivity contribution in [3.8, 4) is 6.07 Å². The van der Waals surface area contributed by atoms with Crippen LogP contribution in [-0.4, -0.2) is 29.4 Å². The van der Waals surface area contributed by atoms with Gasteiger partial charge in [-0.3, -0.25) is 4.90 Å². The quantitative estimate of drug-likeness (QED) is 0.616. The lowest BCUT2D eigenvalue weighted by atomic mass is 10.1. The molecule has 0 N–H and O–H groups in total. The molecule has 0 amide bonds. The predicted octanol–water partition coefficient (Wildman–Crippen LogP) is 1.85. The lowest BCUT2D eigenvalue weighted by molar-refractivity contribution is 0.273. The summed E-state index contributed by atoms with van der Waals surface area (Å²) in [6.45, 7) is 6.24. The molecule has 2 nitrogen and oxygen atoms in total. The zero-order valence-electron chi connectivity index (χ0n) is 7.63. The molecule has 1 heterocycles. The van der Waals surface area contributed by atoms with Gasteiger partial charge in [-0.25, -0.2) is 0 Å². The van der Waals surface area contributed by atoms with Gasteiger partial charge in [-0.1, -0.05) is 6.92 Å². The van der Waals surface area contributed by atoms with Gasteiger partial charge in [0.15, 0.2) is 0 Å². The van der Waals surface area contributed by atoms with Gasteiger partial charge in [0.1, 0.15) is 5.38 Å². The van der Waals surface area contributed by atoms with Crippen molar-refractivity contribution in [2.45, 2.75) is 31.7 Å². The highest BCUT2D eigenvalue weighted by Crippen LogP contribution is 2.22. The van der Waals surface area contributed by atoms with E-state index in [1.54, 1.807) is 0 Å². The number of hydrogen-bond donors (Lipinski definition) is 0. The Morgan fingerprint density at radius 2 is 2.33 bits per heavy atom. The van der Waals surface area contributed by atoms with Crippen molar-refractivity contribution in [1.82, 2.24) is 4.90 Å². The zero-order chi connectivity index (χ0) is 9.14. The van der Waals surface area contributed by atoms with Crippen LogP contribution in [0.5, 0.6) is 0 Å². The van der Waals surface area contributed by atoms with Gasteiger partial charge in [-0.2, -0.15) is 5.26 Å². The topological polar surface area (TPSA) is 27.0 Å². The van der Waals surface area contributed by atoms with Crippen LogP contribution in [0, 0.1) is 17.2 Å². The van der Waals surface area contributed by atoms with Gasteiger partial charge in [-0.15, -0.1) is 11.6 Å². The van der Waals surface area contributed by atoms with E-state index in [1.807, 2.05) is 0 Å². The lowest BCUT2D eigenvalue weighted by Crippen LogP contribution is -2.32. The summed E-state index contributed by atoms with van der Waals surface area (Å²) < 4.78 is 0. The standard InChI is InChI=1S/C9H15ClN2/c1-7-3-8(2)12(5-7)6-9(10)4-11/h7-9H,3,5-6H2,1-2H3. The third kappa shape index (κ3) is 2.36. The Morgan fingerprint density at radius 3 is 2.75 bits per heavy atom. The van der Waals surface area contributed by atoms with E-state index in [1.165, 1.54) is 6.42 Å². The molecular formula is C9H15ClN2. The molecule has 0 aliphatic carbocycles. The number of likely N-dealkylation sites (tertiary alicyclic amines) is 1. The van der Waals surface area contributed by atoms with E-state index in [4.69, 9.17) is 16.9 Å². The van der Waals surface area contributed by atoms with Gasteiger partial charge in [0.2, 0.25) is 0 Å². The van der Waals surface area contributed by atoms with Crippen LogP contribution in [0.3, 0.4) is 0 Å². The molecule has 0 aromatic carbocycles. The molecule has 0 radical (unpaired) electrons. The number of hydrogen-bond acceptors (Lipinski definition) is 2. The summed E-state index contributed by atoms with van der Waals surface area (Å²) in [5, 5.41) is 8.19. The van der Waals surface area contributed by atoms with Crippen LogP contribution in [0.2, 0.25) is 0 Å². The van der Waals surface area contributed by atoms with Crippen LogP contribution < -0.4 is 0 Å².